The van der Waals surface area contributed by atoms with Crippen LogP contribution in [0.4, 0.5) is 0 Å². The van der Waals surface area contributed by atoms with Gasteiger partial charge in [-0.05, 0) is 24.7 Å². The van der Waals surface area contributed by atoms with E-state index < -0.39 is 0 Å². The van der Waals surface area contributed by atoms with E-state index in [-0.39, 0.29) is 5.75 Å². The average molecular weight is 222 g/mol. The zero-order valence-electron chi connectivity index (χ0n) is 9.73. The number of hydrogen-bond acceptors (Lipinski definition) is 4. The summed E-state index contributed by atoms with van der Waals surface area (Å²) in [5.74, 6) is 0.733. The molecule has 0 unspecified atom stereocenters. The highest BCUT2D eigenvalue weighted by Gasteiger charge is 2.21. The Morgan fingerprint density at radius 3 is 2.75 bits per heavy atom. The summed E-state index contributed by atoms with van der Waals surface area (Å²) >= 11 is 0. The van der Waals surface area contributed by atoms with Crippen molar-refractivity contribution in [3.8, 4) is 11.5 Å². The minimum Gasteiger partial charge on any atom is -0.504 e. The molecule has 1 fully saturated rings. The third-order valence-electron chi connectivity index (χ3n) is 3.06. The summed E-state index contributed by atoms with van der Waals surface area (Å²) in [4.78, 5) is 2.29. The van der Waals surface area contributed by atoms with Gasteiger partial charge in [-0.25, -0.2) is 0 Å². The van der Waals surface area contributed by atoms with Gasteiger partial charge in [0.25, 0.3) is 0 Å². The first kappa shape index (κ1) is 11.2. The number of phenolic OH excluding ortho intramolecular Hbond substituents is 1. The summed E-state index contributed by atoms with van der Waals surface area (Å²) in [5, 5.41) is 12.9. The van der Waals surface area contributed by atoms with E-state index in [1.807, 2.05) is 6.07 Å². The Kier molecular flexibility index (Phi) is 3.31. The van der Waals surface area contributed by atoms with Crippen LogP contribution in [0.15, 0.2) is 18.2 Å². The lowest BCUT2D eigenvalue weighted by Gasteiger charge is -2.35. The van der Waals surface area contributed by atoms with Crippen LogP contribution < -0.4 is 10.1 Å². The van der Waals surface area contributed by atoms with Crippen molar-refractivity contribution in [1.82, 2.24) is 10.2 Å². The van der Waals surface area contributed by atoms with Crippen LogP contribution in [0.2, 0.25) is 0 Å². The first-order valence-electron chi connectivity index (χ1n) is 5.47. The molecule has 0 radical (unpaired) electrons. The number of methoxy groups -OCH3 is 1. The summed E-state index contributed by atoms with van der Waals surface area (Å²) in [6.45, 7) is 2.96. The molecule has 0 saturated carbocycles. The molecule has 88 valence electrons. The van der Waals surface area contributed by atoms with Crippen LogP contribution >= 0.6 is 0 Å². The predicted molar refractivity (Wildman–Crippen MR) is 62.8 cm³/mol. The van der Waals surface area contributed by atoms with E-state index >= 15 is 0 Å². The molecule has 0 atom stereocenters. The molecule has 2 rings (SSSR count). The molecule has 1 aliphatic rings. The molecule has 16 heavy (non-hydrogen) atoms. The molecule has 0 aliphatic carbocycles. The fourth-order valence-electron chi connectivity index (χ4n) is 1.84. The van der Waals surface area contributed by atoms with Gasteiger partial charge in [0.1, 0.15) is 0 Å². The van der Waals surface area contributed by atoms with E-state index in [2.05, 4.69) is 17.3 Å². The van der Waals surface area contributed by atoms with Crippen LogP contribution in [0, 0.1) is 0 Å². The highest BCUT2D eigenvalue weighted by molar-refractivity contribution is 5.41. The lowest BCUT2D eigenvalue weighted by Crippen LogP contribution is -2.55. The predicted octanol–water partition coefficient (Wildman–Crippen LogP) is 0.804. The van der Waals surface area contributed by atoms with Crippen LogP contribution in [0.1, 0.15) is 5.56 Å². The second-order valence-corrected chi connectivity index (χ2v) is 4.23. The average Bonchev–Trinajstić information content (AvgIpc) is 2.15. The third kappa shape index (κ3) is 2.28. The zero-order chi connectivity index (χ0) is 11.5. The molecular weight excluding hydrogens is 204 g/mol. The van der Waals surface area contributed by atoms with Gasteiger partial charge >= 0.3 is 0 Å². The van der Waals surface area contributed by atoms with Crippen molar-refractivity contribution >= 4 is 0 Å². The maximum absolute atomic E-state index is 9.66. The van der Waals surface area contributed by atoms with Gasteiger partial charge in [-0.2, -0.15) is 0 Å². The van der Waals surface area contributed by atoms with Gasteiger partial charge in [0.2, 0.25) is 0 Å². The van der Waals surface area contributed by atoms with E-state index in [0.29, 0.717) is 11.8 Å². The molecule has 0 amide bonds. The zero-order valence-corrected chi connectivity index (χ0v) is 9.73. The standard InChI is InChI=1S/C12H18N2O2/c1-14(10-6-13-7-10)8-9-3-4-12(16-2)11(15)5-9/h3-5,10,13,15H,6-8H2,1-2H3. The van der Waals surface area contributed by atoms with Crippen molar-refractivity contribution in [2.45, 2.75) is 12.6 Å². The highest BCUT2D eigenvalue weighted by atomic mass is 16.5. The van der Waals surface area contributed by atoms with Gasteiger partial charge in [-0.1, -0.05) is 6.07 Å². The van der Waals surface area contributed by atoms with Crippen LogP contribution in [0.25, 0.3) is 0 Å². The number of benzene rings is 1. The molecule has 0 spiro atoms. The number of hydrogen-bond donors (Lipinski definition) is 2. The number of phenols is 1. The van der Waals surface area contributed by atoms with Crippen molar-refractivity contribution in [3.63, 3.8) is 0 Å². The molecule has 4 nitrogen and oxygen atoms in total. The number of ether oxygens (including phenoxy) is 1. The van der Waals surface area contributed by atoms with Crippen molar-refractivity contribution in [2.24, 2.45) is 0 Å². The smallest absolute Gasteiger partial charge is 0.160 e. The van der Waals surface area contributed by atoms with Gasteiger partial charge in [-0.15, -0.1) is 0 Å². The van der Waals surface area contributed by atoms with Gasteiger partial charge in [-0.3, -0.25) is 4.90 Å². The van der Waals surface area contributed by atoms with Gasteiger partial charge in [0.15, 0.2) is 11.5 Å². The number of aromatic hydroxyl groups is 1. The lowest BCUT2D eigenvalue weighted by molar-refractivity contribution is 0.173. The Morgan fingerprint density at radius 1 is 1.50 bits per heavy atom. The van der Waals surface area contributed by atoms with Gasteiger partial charge < -0.3 is 15.2 Å². The highest BCUT2D eigenvalue weighted by Crippen LogP contribution is 2.26. The summed E-state index contributed by atoms with van der Waals surface area (Å²) < 4.78 is 5.01. The van der Waals surface area contributed by atoms with E-state index in [9.17, 15) is 5.11 Å². The van der Waals surface area contributed by atoms with Crippen molar-refractivity contribution < 1.29 is 9.84 Å². The number of nitrogens with zero attached hydrogens (tertiary/aromatic N) is 1. The monoisotopic (exact) mass is 222 g/mol. The van der Waals surface area contributed by atoms with Crippen LogP contribution in [-0.2, 0) is 6.54 Å². The Bertz CT molecular complexity index is 364. The maximum atomic E-state index is 9.66. The molecule has 1 aromatic rings. The van der Waals surface area contributed by atoms with E-state index in [4.69, 9.17) is 4.74 Å². The topological polar surface area (TPSA) is 44.7 Å². The fourth-order valence-corrected chi connectivity index (χ4v) is 1.84. The fraction of sp³-hybridized carbons (Fsp3) is 0.500. The van der Waals surface area contributed by atoms with Crippen LogP contribution in [0.5, 0.6) is 11.5 Å². The molecule has 1 aromatic carbocycles. The van der Waals surface area contributed by atoms with Crippen LogP contribution in [-0.4, -0.2) is 43.3 Å². The molecular formula is C12H18N2O2. The third-order valence-corrected chi connectivity index (χ3v) is 3.06. The van der Waals surface area contributed by atoms with E-state index in [0.717, 1.165) is 25.2 Å². The Hall–Kier alpha value is -1.26. The number of likely N-dealkylation sites (N-methyl/N-ethyl adjacent to an activating group) is 1. The minimum absolute atomic E-state index is 0.208. The van der Waals surface area contributed by atoms with Crippen molar-refractivity contribution in [1.29, 1.82) is 0 Å². The quantitative estimate of drug-likeness (QED) is 0.791. The second-order valence-electron chi connectivity index (χ2n) is 4.23. The Morgan fingerprint density at radius 2 is 2.25 bits per heavy atom. The summed E-state index contributed by atoms with van der Waals surface area (Å²) in [6.07, 6.45) is 0. The molecule has 0 bridgehead atoms. The van der Waals surface area contributed by atoms with Crippen molar-refractivity contribution in [3.05, 3.63) is 23.8 Å². The molecule has 4 heteroatoms. The molecule has 2 N–H and O–H groups in total. The SMILES string of the molecule is COc1ccc(CN(C)C2CNC2)cc1O. The first-order valence-corrected chi connectivity index (χ1v) is 5.47. The first-order chi connectivity index (χ1) is 7.70. The Labute approximate surface area is 95.8 Å². The van der Waals surface area contributed by atoms with E-state index in [1.165, 1.54) is 0 Å². The molecule has 1 saturated heterocycles. The van der Waals surface area contributed by atoms with Gasteiger partial charge in [0, 0.05) is 25.7 Å². The summed E-state index contributed by atoms with van der Waals surface area (Å²) in [6, 6.07) is 6.17. The minimum atomic E-state index is 0.208. The molecule has 1 aliphatic heterocycles. The van der Waals surface area contributed by atoms with E-state index in [1.54, 1.807) is 19.2 Å². The number of nitrogens with one attached hydrogen (secondary N) is 1. The maximum Gasteiger partial charge on any atom is 0.160 e. The summed E-state index contributed by atoms with van der Waals surface area (Å²) in [5.41, 5.74) is 1.10. The number of rotatable bonds is 4. The van der Waals surface area contributed by atoms with Gasteiger partial charge in [0.05, 0.1) is 7.11 Å². The van der Waals surface area contributed by atoms with Crippen LogP contribution in [0.3, 0.4) is 0 Å². The van der Waals surface area contributed by atoms with Crippen molar-refractivity contribution in [2.75, 3.05) is 27.2 Å². The normalized spacial score (nSPS) is 16.2. The largest absolute Gasteiger partial charge is 0.504 e. The molecule has 1 heterocycles. The summed E-state index contributed by atoms with van der Waals surface area (Å²) in [7, 11) is 3.66. The second kappa shape index (κ2) is 4.72. The Balaban J connectivity index is 2.01. The molecule has 0 aromatic heterocycles. The lowest BCUT2D eigenvalue weighted by atomic mass is 10.1.